The first-order chi connectivity index (χ1) is 10.2. The van der Waals surface area contributed by atoms with Crippen LogP contribution in [0.4, 0.5) is 0 Å². The molecule has 2 aromatic rings. The fraction of sp³-hybridized carbons (Fsp3) is 0.471. The average molecular weight is 286 g/mol. The molecule has 1 N–H and O–H groups in total. The van der Waals surface area contributed by atoms with Gasteiger partial charge in [0.05, 0.1) is 6.54 Å². The zero-order valence-corrected chi connectivity index (χ0v) is 13.3. The second-order valence-corrected chi connectivity index (χ2v) is 5.29. The summed E-state index contributed by atoms with van der Waals surface area (Å²) in [5.41, 5.74) is 2.78. The van der Waals surface area contributed by atoms with Gasteiger partial charge in [0.2, 0.25) is 0 Å². The Morgan fingerprint density at radius 3 is 2.43 bits per heavy atom. The molecule has 0 spiro atoms. The summed E-state index contributed by atoms with van der Waals surface area (Å²) in [4.78, 5) is 6.78. The number of nitrogens with one attached hydrogen (secondary N) is 1. The molecule has 1 aromatic carbocycles. The van der Waals surface area contributed by atoms with Gasteiger partial charge in [0.25, 0.3) is 0 Å². The van der Waals surface area contributed by atoms with E-state index >= 15 is 0 Å². The molecule has 21 heavy (non-hydrogen) atoms. The Morgan fingerprint density at radius 1 is 1.10 bits per heavy atom. The molecule has 0 aliphatic rings. The van der Waals surface area contributed by atoms with E-state index in [1.165, 1.54) is 11.1 Å². The quantitative estimate of drug-likeness (QED) is 0.809. The van der Waals surface area contributed by atoms with E-state index in [0.29, 0.717) is 0 Å². The third kappa shape index (κ3) is 4.41. The Morgan fingerprint density at radius 2 is 1.81 bits per heavy atom. The Bertz CT molecular complexity index is 543. The van der Waals surface area contributed by atoms with Crippen molar-refractivity contribution in [2.24, 2.45) is 7.05 Å². The highest BCUT2D eigenvalue weighted by Gasteiger charge is 2.06. The van der Waals surface area contributed by atoms with Crippen LogP contribution in [0.5, 0.6) is 0 Å². The fourth-order valence-electron chi connectivity index (χ4n) is 2.45. The van der Waals surface area contributed by atoms with Crippen LogP contribution < -0.4 is 5.32 Å². The van der Waals surface area contributed by atoms with Gasteiger partial charge in [-0.3, -0.25) is 4.90 Å². The lowest BCUT2D eigenvalue weighted by atomic mass is 10.1. The normalized spacial score (nSPS) is 11.2. The van der Waals surface area contributed by atoms with Gasteiger partial charge >= 0.3 is 0 Å². The molecule has 1 aromatic heterocycles. The zero-order valence-electron chi connectivity index (χ0n) is 13.3. The van der Waals surface area contributed by atoms with Crippen LogP contribution in [-0.4, -0.2) is 27.5 Å². The third-order valence-corrected chi connectivity index (χ3v) is 3.93. The van der Waals surface area contributed by atoms with Crippen LogP contribution in [-0.2, 0) is 26.7 Å². The van der Waals surface area contributed by atoms with Crippen molar-refractivity contribution in [2.75, 3.05) is 13.1 Å². The molecule has 4 nitrogen and oxygen atoms in total. The third-order valence-electron chi connectivity index (χ3n) is 3.93. The molecule has 2 rings (SSSR count). The van der Waals surface area contributed by atoms with Crippen molar-refractivity contribution < 1.29 is 0 Å². The molecule has 0 saturated carbocycles. The SMILES string of the molecule is CCN(CC)Cc1ccccc1CNCc1nccn1C. The predicted molar refractivity (Wildman–Crippen MR) is 86.8 cm³/mol. The maximum atomic E-state index is 4.34. The number of rotatable bonds is 8. The van der Waals surface area contributed by atoms with Gasteiger partial charge in [0.1, 0.15) is 5.82 Å². The molecule has 0 aliphatic heterocycles. The minimum atomic E-state index is 0.795. The zero-order chi connectivity index (χ0) is 15.1. The lowest BCUT2D eigenvalue weighted by molar-refractivity contribution is 0.294. The van der Waals surface area contributed by atoms with Crippen LogP contribution in [0.1, 0.15) is 30.8 Å². The van der Waals surface area contributed by atoms with Gasteiger partial charge in [-0.05, 0) is 24.2 Å². The Hall–Kier alpha value is -1.65. The first kappa shape index (κ1) is 15.7. The molecule has 0 saturated heterocycles. The second-order valence-electron chi connectivity index (χ2n) is 5.29. The molecule has 0 amide bonds. The number of hydrogen-bond acceptors (Lipinski definition) is 3. The van der Waals surface area contributed by atoms with Crippen LogP contribution in [0, 0.1) is 0 Å². The summed E-state index contributed by atoms with van der Waals surface area (Å²) in [7, 11) is 2.03. The van der Waals surface area contributed by atoms with Crippen LogP contribution in [0.15, 0.2) is 36.7 Å². The van der Waals surface area contributed by atoms with Gasteiger partial charge in [-0.25, -0.2) is 4.98 Å². The molecule has 0 radical (unpaired) electrons. The first-order valence-electron chi connectivity index (χ1n) is 7.70. The summed E-state index contributed by atoms with van der Waals surface area (Å²) >= 11 is 0. The molecule has 0 atom stereocenters. The maximum absolute atomic E-state index is 4.34. The minimum absolute atomic E-state index is 0.795. The van der Waals surface area contributed by atoms with Crippen molar-refractivity contribution in [1.29, 1.82) is 0 Å². The summed E-state index contributed by atoms with van der Waals surface area (Å²) in [6.07, 6.45) is 3.82. The number of aromatic nitrogens is 2. The number of imidazole rings is 1. The molecule has 0 aliphatic carbocycles. The van der Waals surface area contributed by atoms with E-state index in [0.717, 1.165) is 38.5 Å². The van der Waals surface area contributed by atoms with Crippen molar-refractivity contribution in [3.8, 4) is 0 Å². The summed E-state index contributed by atoms with van der Waals surface area (Å²) in [5, 5.41) is 3.49. The molecular formula is C17H26N4. The smallest absolute Gasteiger partial charge is 0.122 e. The molecule has 114 valence electrons. The maximum Gasteiger partial charge on any atom is 0.122 e. The highest BCUT2D eigenvalue weighted by Crippen LogP contribution is 2.12. The molecule has 4 heteroatoms. The van der Waals surface area contributed by atoms with Gasteiger partial charge < -0.3 is 9.88 Å². The summed E-state index contributed by atoms with van der Waals surface area (Å²) < 4.78 is 2.05. The summed E-state index contributed by atoms with van der Waals surface area (Å²) in [6.45, 7) is 9.30. The van der Waals surface area contributed by atoms with Crippen molar-refractivity contribution in [3.05, 3.63) is 53.6 Å². The van der Waals surface area contributed by atoms with Crippen LogP contribution >= 0.6 is 0 Å². The van der Waals surface area contributed by atoms with Crippen LogP contribution in [0.3, 0.4) is 0 Å². The standard InChI is InChI=1S/C17H26N4/c1-4-21(5-2)14-16-9-7-6-8-15(16)12-18-13-17-19-10-11-20(17)3/h6-11,18H,4-5,12-14H2,1-3H3. The predicted octanol–water partition coefficient (Wildman–Crippen LogP) is 2.55. The first-order valence-corrected chi connectivity index (χ1v) is 7.70. The van der Waals surface area contributed by atoms with Gasteiger partial charge in [-0.1, -0.05) is 38.1 Å². The molecule has 0 unspecified atom stereocenters. The van der Waals surface area contributed by atoms with E-state index in [9.17, 15) is 0 Å². The number of nitrogens with zero attached hydrogens (tertiary/aromatic N) is 3. The van der Waals surface area contributed by atoms with Gasteiger partial charge in [0, 0.05) is 32.5 Å². The van der Waals surface area contributed by atoms with E-state index < -0.39 is 0 Å². The summed E-state index contributed by atoms with van der Waals surface area (Å²) in [6, 6.07) is 8.69. The monoisotopic (exact) mass is 286 g/mol. The highest BCUT2D eigenvalue weighted by atomic mass is 15.1. The van der Waals surface area contributed by atoms with Gasteiger partial charge in [-0.2, -0.15) is 0 Å². The Labute approximate surface area is 127 Å². The van der Waals surface area contributed by atoms with Crippen LogP contribution in [0.2, 0.25) is 0 Å². The van der Waals surface area contributed by atoms with E-state index in [1.54, 1.807) is 0 Å². The van der Waals surface area contributed by atoms with Crippen molar-refractivity contribution in [2.45, 2.75) is 33.5 Å². The van der Waals surface area contributed by atoms with E-state index in [1.807, 2.05) is 19.4 Å². The van der Waals surface area contributed by atoms with E-state index in [2.05, 4.69) is 57.9 Å². The van der Waals surface area contributed by atoms with Crippen molar-refractivity contribution in [3.63, 3.8) is 0 Å². The van der Waals surface area contributed by atoms with E-state index in [-0.39, 0.29) is 0 Å². The Kier molecular flexibility index (Phi) is 5.96. The average Bonchev–Trinajstić information content (AvgIpc) is 2.91. The van der Waals surface area contributed by atoms with Crippen LogP contribution in [0.25, 0.3) is 0 Å². The van der Waals surface area contributed by atoms with Crippen molar-refractivity contribution in [1.82, 2.24) is 19.8 Å². The lowest BCUT2D eigenvalue weighted by Crippen LogP contribution is -2.24. The lowest BCUT2D eigenvalue weighted by Gasteiger charge is -2.20. The van der Waals surface area contributed by atoms with Gasteiger partial charge in [-0.15, -0.1) is 0 Å². The molecular weight excluding hydrogens is 260 g/mol. The highest BCUT2D eigenvalue weighted by molar-refractivity contribution is 5.27. The molecule has 1 heterocycles. The number of aryl methyl sites for hydroxylation is 1. The van der Waals surface area contributed by atoms with Crippen molar-refractivity contribution >= 4 is 0 Å². The summed E-state index contributed by atoms with van der Waals surface area (Å²) in [5.74, 6) is 1.07. The largest absolute Gasteiger partial charge is 0.337 e. The topological polar surface area (TPSA) is 33.1 Å². The second kappa shape index (κ2) is 7.96. The number of benzene rings is 1. The number of hydrogen-bond donors (Lipinski definition) is 1. The molecule has 0 bridgehead atoms. The Balaban J connectivity index is 1.95. The fourth-order valence-corrected chi connectivity index (χ4v) is 2.45. The minimum Gasteiger partial charge on any atom is -0.337 e. The molecule has 0 fully saturated rings. The van der Waals surface area contributed by atoms with E-state index in [4.69, 9.17) is 0 Å². The van der Waals surface area contributed by atoms with Gasteiger partial charge in [0.15, 0.2) is 0 Å².